The standard InChI is InChI=1S/C30H26F3N5O4.2H2S/c31-21-2-3-24(35-25(21)16-42-27-4-1-17(12-34)9-22(27)32)18-5-7-37(13-18)15-28-36-29-23(33)10-19(30(39)40)11-26(29)38(28)14-20-6-8-41-20;;/h1-4,9-11,18,20H,5-8,13-16H2,(H,39,40);2*1H2/t18-,20-;;/m0../s1. The Morgan fingerprint density at radius 1 is 1.07 bits per heavy atom. The van der Waals surface area contributed by atoms with Crippen LogP contribution in [0.15, 0.2) is 42.5 Å². The predicted molar refractivity (Wildman–Crippen MR) is 164 cm³/mol. The minimum Gasteiger partial charge on any atom is -0.484 e. The van der Waals surface area contributed by atoms with Gasteiger partial charge in [0.05, 0.1) is 41.9 Å². The van der Waals surface area contributed by atoms with E-state index in [0.717, 1.165) is 25.0 Å². The second-order valence-electron chi connectivity index (χ2n) is 10.5. The second kappa shape index (κ2) is 13.9. The zero-order valence-electron chi connectivity index (χ0n) is 23.4. The Hall–Kier alpha value is -3.77. The largest absolute Gasteiger partial charge is 0.484 e. The highest BCUT2D eigenvalue weighted by Gasteiger charge is 2.29. The molecular weight excluding hydrogens is 615 g/mol. The maximum absolute atomic E-state index is 14.9. The van der Waals surface area contributed by atoms with Gasteiger partial charge < -0.3 is 19.1 Å². The van der Waals surface area contributed by atoms with Gasteiger partial charge in [-0.25, -0.2) is 22.9 Å². The van der Waals surface area contributed by atoms with E-state index in [9.17, 15) is 23.1 Å². The lowest BCUT2D eigenvalue weighted by Crippen LogP contribution is -2.32. The quantitative estimate of drug-likeness (QED) is 0.271. The average Bonchev–Trinajstić information content (AvgIpc) is 3.55. The molecule has 4 aromatic rings. The Bertz CT molecular complexity index is 1730. The Balaban J connectivity index is 0.00000221. The number of aromatic carboxylic acids is 1. The number of ether oxygens (including phenoxy) is 2. The molecular formula is C30H30F3N5O4S2. The van der Waals surface area contributed by atoms with Crippen molar-refractivity contribution in [2.75, 3.05) is 19.7 Å². The van der Waals surface area contributed by atoms with Gasteiger partial charge in [-0.15, -0.1) is 0 Å². The smallest absolute Gasteiger partial charge is 0.335 e. The fourth-order valence-electron chi connectivity index (χ4n) is 5.39. The van der Waals surface area contributed by atoms with Gasteiger partial charge in [0, 0.05) is 24.8 Å². The summed E-state index contributed by atoms with van der Waals surface area (Å²) < 4.78 is 56.5. The number of hydrogen-bond donors (Lipinski definition) is 1. The van der Waals surface area contributed by atoms with Crippen LogP contribution in [0.3, 0.4) is 0 Å². The van der Waals surface area contributed by atoms with Crippen molar-refractivity contribution in [2.24, 2.45) is 0 Å². The first-order valence-electron chi connectivity index (χ1n) is 13.5. The van der Waals surface area contributed by atoms with Gasteiger partial charge in [0.15, 0.2) is 17.4 Å². The number of rotatable bonds is 9. The molecule has 4 heterocycles. The number of nitrogens with zero attached hydrogens (tertiary/aromatic N) is 5. The van der Waals surface area contributed by atoms with Crippen LogP contribution in [-0.2, 0) is 24.4 Å². The van der Waals surface area contributed by atoms with Crippen molar-refractivity contribution in [1.82, 2.24) is 19.4 Å². The summed E-state index contributed by atoms with van der Waals surface area (Å²) in [4.78, 5) is 22.7. The maximum Gasteiger partial charge on any atom is 0.335 e. The van der Waals surface area contributed by atoms with Gasteiger partial charge in [-0.05, 0) is 61.9 Å². The Morgan fingerprint density at radius 3 is 2.55 bits per heavy atom. The molecule has 232 valence electrons. The molecule has 2 aliphatic heterocycles. The minimum atomic E-state index is -1.22. The summed E-state index contributed by atoms with van der Waals surface area (Å²) in [5, 5.41) is 18.3. The van der Waals surface area contributed by atoms with Crippen LogP contribution < -0.4 is 4.74 Å². The number of pyridine rings is 1. The Kier molecular flexibility index (Phi) is 10.5. The van der Waals surface area contributed by atoms with Crippen LogP contribution in [0.4, 0.5) is 13.2 Å². The third-order valence-corrected chi connectivity index (χ3v) is 7.73. The van der Waals surface area contributed by atoms with Crippen molar-refractivity contribution in [3.05, 3.63) is 88.3 Å². The number of likely N-dealkylation sites (tertiary alicyclic amines) is 1. The first kappa shape index (κ1) is 33.1. The highest BCUT2D eigenvalue weighted by atomic mass is 32.1. The lowest BCUT2D eigenvalue weighted by molar-refractivity contribution is -0.0591. The van der Waals surface area contributed by atoms with Gasteiger partial charge in [0.25, 0.3) is 0 Å². The molecule has 44 heavy (non-hydrogen) atoms. The maximum atomic E-state index is 14.9. The Labute approximate surface area is 265 Å². The van der Waals surface area contributed by atoms with Gasteiger partial charge in [0.2, 0.25) is 0 Å². The number of carbonyl (C=O) groups is 1. The number of imidazole rings is 1. The van der Waals surface area contributed by atoms with E-state index >= 15 is 0 Å². The summed E-state index contributed by atoms with van der Waals surface area (Å²) in [7, 11) is 0. The molecule has 0 aliphatic carbocycles. The van der Waals surface area contributed by atoms with E-state index in [1.54, 1.807) is 6.07 Å². The fourth-order valence-corrected chi connectivity index (χ4v) is 5.39. The van der Waals surface area contributed by atoms with E-state index in [2.05, 4.69) is 14.9 Å². The molecule has 1 N–H and O–H groups in total. The molecule has 2 saturated heterocycles. The average molecular weight is 646 g/mol. The molecule has 2 atom stereocenters. The van der Waals surface area contributed by atoms with E-state index in [0.29, 0.717) is 49.8 Å². The number of nitriles is 1. The van der Waals surface area contributed by atoms with Crippen LogP contribution in [0.25, 0.3) is 11.0 Å². The van der Waals surface area contributed by atoms with Crippen LogP contribution in [0.1, 0.15) is 51.9 Å². The summed E-state index contributed by atoms with van der Waals surface area (Å²) >= 11 is 0. The SMILES string of the molecule is N#Cc1ccc(OCc2nc([C@H]3CCN(Cc4nc5c(F)cc(C(=O)O)cc5n4C[C@@H]4CCO4)C3)ccc2F)c(F)c1.S.S. The number of carboxylic acids is 1. The molecule has 2 aromatic heterocycles. The van der Waals surface area contributed by atoms with Gasteiger partial charge >= 0.3 is 5.97 Å². The van der Waals surface area contributed by atoms with Gasteiger partial charge in [-0.3, -0.25) is 9.88 Å². The monoisotopic (exact) mass is 645 g/mol. The van der Waals surface area contributed by atoms with Crippen LogP contribution in [0.5, 0.6) is 5.75 Å². The van der Waals surface area contributed by atoms with Crippen molar-refractivity contribution >= 4 is 44.0 Å². The number of aromatic nitrogens is 3. The van der Waals surface area contributed by atoms with E-state index in [-0.39, 0.29) is 73.7 Å². The van der Waals surface area contributed by atoms with Crippen molar-refractivity contribution < 1.29 is 32.5 Å². The summed E-state index contributed by atoms with van der Waals surface area (Å²) in [6.07, 6.45) is 1.55. The molecule has 0 amide bonds. The van der Waals surface area contributed by atoms with E-state index in [1.165, 1.54) is 24.3 Å². The van der Waals surface area contributed by atoms with Crippen LogP contribution in [0.2, 0.25) is 0 Å². The topological polar surface area (TPSA) is 114 Å². The van der Waals surface area contributed by atoms with Crippen LogP contribution in [0, 0.1) is 28.8 Å². The van der Waals surface area contributed by atoms with E-state index < -0.39 is 23.4 Å². The van der Waals surface area contributed by atoms with Gasteiger partial charge in [-0.1, -0.05) is 0 Å². The summed E-state index contributed by atoms with van der Waals surface area (Å²) in [5.41, 5.74) is 1.26. The van der Waals surface area contributed by atoms with Crippen LogP contribution >= 0.6 is 27.0 Å². The molecule has 0 bridgehead atoms. The van der Waals surface area contributed by atoms with Crippen molar-refractivity contribution in [1.29, 1.82) is 5.26 Å². The van der Waals surface area contributed by atoms with E-state index in [4.69, 9.17) is 14.7 Å². The molecule has 0 saturated carbocycles. The van der Waals surface area contributed by atoms with Crippen molar-refractivity contribution in [3.63, 3.8) is 0 Å². The summed E-state index contributed by atoms with van der Waals surface area (Å²) in [5.74, 6) is -2.71. The summed E-state index contributed by atoms with van der Waals surface area (Å²) in [6.45, 7) is 2.49. The fraction of sp³-hybridized carbons (Fsp3) is 0.333. The normalized spacial score (nSPS) is 17.8. The third-order valence-electron chi connectivity index (χ3n) is 7.73. The second-order valence-corrected chi connectivity index (χ2v) is 10.5. The summed E-state index contributed by atoms with van der Waals surface area (Å²) in [6, 6.07) is 11.0. The molecule has 2 aliphatic rings. The highest BCUT2D eigenvalue weighted by Crippen LogP contribution is 2.30. The zero-order valence-corrected chi connectivity index (χ0v) is 25.4. The molecule has 9 nitrogen and oxygen atoms in total. The van der Waals surface area contributed by atoms with Gasteiger partial charge in [-0.2, -0.15) is 32.3 Å². The number of hydrogen-bond acceptors (Lipinski definition) is 7. The lowest BCUT2D eigenvalue weighted by atomic mass is 10.0. The highest BCUT2D eigenvalue weighted by molar-refractivity contribution is 7.59. The molecule has 2 fully saturated rings. The molecule has 14 heteroatoms. The molecule has 6 rings (SSSR count). The first-order valence-corrected chi connectivity index (χ1v) is 13.5. The third kappa shape index (κ3) is 6.81. The number of benzene rings is 2. The number of halogens is 3. The predicted octanol–water partition coefficient (Wildman–Crippen LogP) is 5.00. The minimum absolute atomic E-state index is 0. The van der Waals surface area contributed by atoms with Gasteiger partial charge in [0.1, 0.15) is 29.5 Å². The Morgan fingerprint density at radius 2 is 1.86 bits per heavy atom. The molecule has 2 aromatic carbocycles. The van der Waals surface area contributed by atoms with Crippen LogP contribution in [-0.4, -0.2) is 56.3 Å². The lowest BCUT2D eigenvalue weighted by Gasteiger charge is -2.28. The first-order chi connectivity index (χ1) is 20.3. The number of fused-ring (bicyclic) bond motifs is 1. The molecule has 0 unspecified atom stereocenters. The molecule has 0 spiro atoms. The zero-order chi connectivity index (χ0) is 29.4. The van der Waals surface area contributed by atoms with Crippen molar-refractivity contribution in [2.45, 2.75) is 44.6 Å². The van der Waals surface area contributed by atoms with Crippen molar-refractivity contribution in [3.8, 4) is 11.8 Å². The number of carboxylic acid groups (broad SMARTS) is 1. The molecule has 0 radical (unpaired) electrons. The van der Waals surface area contributed by atoms with E-state index in [1.807, 2.05) is 10.6 Å².